The molecule has 96 valence electrons. The highest BCUT2D eigenvalue weighted by molar-refractivity contribution is 7.85. The van der Waals surface area contributed by atoms with E-state index in [-0.39, 0.29) is 11.0 Å². The lowest BCUT2D eigenvalue weighted by Gasteiger charge is -2.24. The van der Waals surface area contributed by atoms with Gasteiger partial charge in [0.15, 0.2) is 0 Å². The number of rotatable bonds is 4. The molecule has 2 nitrogen and oxygen atoms in total. The fourth-order valence-corrected chi connectivity index (χ4v) is 3.81. The van der Waals surface area contributed by atoms with Gasteiger partial charge in [-0.05, 0) is 12.8 Å². The van der Waals surface area contributed by atoms with Crippen molar-refractivity contribution in [2.45, 2.75) is 43.5 Å². The summed E-state index contributed by atoms with van der Waals surface area (Å²) in [5.41, 5.74) is 5.08. The number of hydrogen-bond acceptors (Lipinski definition) is 2. The van der Waals surface area contributed by atoms with Crippen LogP contribution in [0.5, 0.6) is 0 Å². The summed E-state index contributed by atoms with van der Waals surface area (Å²) in [4.78, 5) is 0. The predicted molar refractivity (Wildman–Crippen MR) is 58.5 cm³/mol. The Bertz CT molecular complexity index is 239. The van der Waals surface area contributed by atoms with Crippen LogP contribution in [0.15, 0.2) is 0 Å². The molecule has 0 saturated heterocycles. The topological polar surface area (TPSA) is 43.1 Å². The van der Waals surface area contributed by atoms with Crippen molar-refractivity contribution in [1.82, 2.24) is 0 Å². The quantitative estimate of drug-likeness (QED) is 0.839. The highest BCUT2D eigenvalue weighted by atomic mass is 32.2. The largest absolute Gasteiger partial charge is 0.393 e. The predicted octanol–water partition coefficient (Wildman–Crippen LogP) is 2.21. The van der Waals surface area contributed by atoms with Crippen molar-refractivity contribution in [2.75, 3.05) is 12.3 Å². The second-order valence-electron chi connectivity index (χ2n) is 4.28. The summed E-state index contributed by atoms with van der Waals surface area (Å²) in [6, 6.07) is 0. The first-order valence-electron chi connectivity index (χ1n) is 5.59. The monoisotopic (exact) mass is 257 g/mol. The van der Waals surface area contributed by atoms with Gasteiger partial charge in [0, 0.05) is 28.3 Å². The lowest BCUT2D eigenvalue weighted by Crippen LogP contribution is -2.37. The van der Waals surface area contributed by atoms with E-state index in [9.17, 15) is 17.4 Å². The molecule has 1 aliphatic rings. The fraction of sp³-hybridized carbons (Fsp3) is 1.00. The Morgan fingerprint density at radius 2 is 1.81 bits per heavy atom. The van der Waals surface area contributed by atoms with Crippen LogP contribution in [0.4, 0.5) is 13.2 Å². The maximum Gasteiger partial charge on any atom is 0.393 e. The molecule has 0 aromatic rings. The van der Waals surface area contributed by atoms with E-state index in [0.29, 0.717) is 0 Å². The highest BCUT2D eigenvalue weighted by Gasteiger charge is 2.40. The highest BCUT2D eigenvalue weighted by Crippen LogP contribution is 2.29. The molecule has 0 heterocycles. The van der Waals surface area contributed by atoms with E-state index in [0.717, 1.165) is 32.1 Å². The maximum atomic E-state index is 12.4. The Labute approximate surface area is 96.2 Å². The van der Waals surface area contributed by atoms with Gasteiger partial charge >= 0.3 is 6.18 Å². The average Bonchev–Trinajstić information content (AvgIpc) is 2.25. The number of alkyl halides is 3. The van der Waals surface area contributed by atoms with Crippen LogP contribution in [0.1, 0.15) is 32.1 Å². The van der Waals surface area contributed by atoms with Crippen LogP contribution in [-0.2, 0) is 10.8 Å². The van der Waals surface area contributed by atoms with E-state index in [1.54, 1.807) is 0 Å². The van der Waals surface area contributed by atoms with Crippen LogP contribution >= 0.6 is 0 Å². The SMILES string of the molecule is NCC(CS(=O)C1CCCCC1)C(F)(F)F. The molecule has 2 atom stereocenters. The van der Waals surface area contributed by atoms with Crippen molar-refractivity contribution in [1.29, 1.82) is 0 Å². The summed E-state index contributed by atoms with van der Waals surface area (Å²) in [7, 11) is -1.38. The second kappa shape index (κ2) is 6.00. The molecule has 0 bridgehead atoms. The zero-order valence-electron chi connectivity index (χ0n) is 9.13. The summed E-state index contributed by atoms with van der Waals surface area (Å²) >= 11 is 0. The van der Waals surface area contributed by atoms with Crippen LogP contribution < -0.4 is 5.73 Å². The lowest BCUT2D eigenvalue weighted by atomic mass is 10.0. The molecule has 16 heavy (non-hydrogen) atoms. The van der Waals surface area contributed by atoms with Crippen molar-refractivity contribution in [2.24, 2.45) is 11.7 Å². The summed E-state index contributed by atoms with van der Waals surface area (Å²) in [5.74, 6) is -1.94. The Morgan fingerprint density at radius 3 is 2.25 bits per heavy atom. The first-order chi connectivity index (χ1) is 7.45. The normalized spacial score (nSPS) is 23.0. The Kier molecular flexibility index (Phi) is 5.24. The van der Waals surface area contributed by atoms with Crippen molar-refractivity contribution >= 4 is 10.8 Å². The molecule has 1 rings (SSSR count). The van der Waals surface area contributed by atoms with E-state index in [1.807, 2.05) is 0 Å². The number of nitrogens with two attached hydrogens (primary N) is 1. The summed E-state index contributed by atoms with van der Waals surface area (Å²) < 4.78 is 49.1. The standard InChI is InChI=1S/C10H18F3NOS/c11-10(12,13)8(6-14)7-16(15)9-4-2-1-3-5-9/h8-9H,1-7,14H2. The zero-order chi connectivity index (χ0) is 12.2. The van der Waals surface area contributed by atoms with Gasteiger partial charge in [-0.25, -0.2) is 0 Å². The van der Waals surface area contributed by atoms with E-state index >= 15 is 0 Å². The van der Waals surface area contributed by atoms with Crippen molar-refractivity contribution < 1.29 is 17.4 Å². The van der Waals surface area contributed by atoms with E-state index in [1.165, 1.54) is 0 Å². The van der Waals surface area contributed by atoms with Gasteiger partial charge in [0.1, 0.15) is 0 Å². The van der Waals surface area contributed by atoms with Crippen LogP contribution in [-0.4, -0.2) is 27.9 Å². The van der Waals surface area contributed by atoms with Crippen molar-refractivity contribution in [3.8, 4) is 0 Å². The molecule has 1 saturated carbocycles. The Balaban J connectivity index is 2.48. The molecule has 0 amide bonds. The van der Waals surface area contributed by atoms with Gasteiger partial charge < -0.3 is 5.73 Å². The first kappa shape index (κ1) is 14.0. The van der Waals surface area contributed by atoms with Gasteiger partial charge in [-0.2, -0.15) is 13.2 Å². The fourth-order valence-electron chi connectivity index (χ4n) is 1.96. The molecule has 0 aliphatic heterocycles. The van der Waals surface area contributed by atoms with Crippen LogP contribution in [0.3, 0.4) is 0 Å². The van der Waals surface area contributed by atoms with Crippen LogP contribution in [0.2, 0.25) is 0 Å². The van der Waals surface area contributed by atoms with Gasteiger partial charge in [0.05, 0.1) is 5.92 Å². The second-order valence-corrected chi connectivity index (χ2v) is 6.04. The molecule has 0 spiro atoms. The molecule has 1 aliphatic carbocycles. The van der Waals surface area contributed by atoms with Gasteiger partial charge in [-0.15, -0.1) is 0 Å². The third-order valence-electron chi connectivity index (χ3n) is 3.04. The minimum atomic E-state index is -4.32. The molecule has 2 unspecified atom stereocenters. The van der Waals surface area contributed by atoms with Gasteiger partial charge in [-0.1, -0.05) is 19.3 Å². The van der Waals surface area contributed by atoms with E-state index < -0.39 is 29.4 Å². The van der Waals surface area contributed by atoms with Crippen molar-refractivity contribution in [3.63, 3.8) is 0 Å². The summed E-state index contributed by atoms with van der Waals surface area (Å²) in [6.45, 7) is -0.470. The van der Waals surface area contributed by atoms with Gasteiger partial charge in [0.25, 0.3) is 0 Å². The Morgan fingerprint density at radius 1 is 1.25 bits per heavy atom. The molecule has 0 aromatic carbocycles. The summed E-state index contributed by atoms with van der Waals surface area (Å²) in [6.07, 6.45) is 0.335. The molecule has 1 fully saturated rings. The molecular formula is C10H18F3NOS. The molecular weight excluding hydrogens is 239 g/mol. The third kappa shape index (κ3) is 4.05. The first-order valence-corrected chi connectivity index (χ1v) is 6.97. The maximum absolute atomic E-state index is 12.4. The van der Waals surface area contributed by atoms with Crippen LogP contribution in [0, 0.1) is 5.92 Å². The molecule has 0 aromatic heterocycles. The number of hydrogen-bond donors (Lipinski definition) is 1. The van der Waals surface area contributed by atoms with Crippen molar-refractivity contribution in [3.05, 3.63) is 0 Å². The van der Waals surface area contributed by atoms with Gasteiger partial charge in [-0.3, -0.25) is 4.21 Å². The minimum Gasteiger partial charge on any atom is -0.330 e. The van der Waals surface area contributed by atoms with E-state index in [4.69, 9.17) is 5.73 Å². The number of halogens is 3. The summed E-state index contributed by atoms with van der Waals surface area (Å²) in [5, 5.41) is -0.0508. The Hall–Kier alpha value is -0.100. The smallest absolute Gasteiger partial charge is 0.330 e. The minimum absolute atomic E-state index is 0.0508. The third-order valence-corrected chi connectivity index (χ3v) is 4.98. The lowest BCUT2D eigenvalue weighted by molar-refractivity contribution is -0.165. The molecule has 0 radical (unpaired) electrons. The van der Waals surface area contributed by atoms with E-state index in [2.05, 4.69) is 0 Å². The average molecular weight is 257 g/mol. The van der Waals surface area contributed by atoms with Gasteiger partial charge in [0.2, 0.25) is 0 Å². The molecule has 2 N–H and O–H groups in total. The van der Waals surface area contributed by atoms with Crippen LogP contribution in [0.25, 0.3) is 0 Å². The zero-order valence-corrected chi connectivity index (χ0v) is 9.95. The molecule has 6 heteroatoms.